The van der Waals surface area contributed by atoms with Crippen LogP contribution in [0.25, 0.3) is 0 Å². The molecule has 0 aliphatic carbocycles. The average Bonchev–Trinajstić information content (AvgIpc) is 1.65. The smallest absolute Gasteiger partial charge is 0.243 e. The molecule has 1 amide bonds. The molecule has 0 bridgehead atoms. The van der Waals surface area contributed by atoms with Gasteiger partial charge in [-0.25, -0.2) is 5.84 Å². The molecule has 0 rings (SSSR count). The van der Waals surface area contributed by atoms with Gasteiger partial charge in [0.2, 0.25) is 6.41 Å². The number of carbonyl (C=O) groups excluding carboxylic acids is 1. The highest BCUT2D eigenvalue weighted by atomic mass is 32.1. The third-order valence-electron chi connectivity index (χ3n) is 0.353. The van der Waals surface area contributed by atoms with Gasteiger partial charge in [-0.3, -0.25) is 10.2 Å². The van der Waals surface area contributed by atoms with Crippen LogP contribution in [0, 0.1) is 0 Å². The number of nitrogens with two attached hydrogens (primary N) is 2. The number of amides is 1. The summed E-state index contributed by atoms with van der Waals surface area (Å²) in [7, 11) is 0. The summed E-state index contributed by atoms with van der Waals surface area (Å²) in [4.78, 5) is 9.66. The molecule has 8 heavy (non-hydrogen) atoms. The van der Waals surface area contributed by atoms with Gasteiger partial charge < -0.3 is 5.73 Å². The highest BCUT2D eigenvalue weighted by molar-refractivity contribution is 7.80. The molecular weight excluding hydrogens is 128 g/mol. The lowest BCUT2D eigenvalue weighted by atomic mass is 11.1. The maximum atomic E-state index is 9.66. The number of hydrazine groups is 2. The van der Waals surface area contributed by atoms with Gasteiger partial charge in [0.15, 0.2) is 5.11 Å². The van der Waals surface area contributed by atoms with Crippen molar-refractivity contribution < 1.29 is 4.79 Å². The largest absolute Gasteiger partial charge is 0.375 e. The normalized spacial score (nSPS) is 7.62. The number of nitrogens with one attached hydrogen (secondary N) is 1. The van der Waals surface area contributed by atoms with Gasteiger partial charge in [0.05, 0.1) is 0 Å². The maximum Gasteiger partial charge on any atom is 0.243 e. The van der Waals surface area contributed by atoms with E-state index in [-0.39, 0.29) is 5.11 Å². The molecule has 6 heteroatoms. The van der Waals surface area contributed by atoms with E-state index in [1.54, 1.807) is 0 Å². The Kier molecular flexibility index (Phi) is 2.82. The van der Waals surface area contributed by atoms with Gasteiger partial charge in [-0.15, -0.1) is 0 Å². The third-order valence-corrected chi connectivity index (χ3v) is 0.444. The van der Waals surface area contributed by atoms with Crippen LogP contribution < -0.4 is 17.0 Å². The van der Waals surface area contributed by atoms with Crippen molar-refractivity contribution >= 4 is 23.7 Å². The van der Waals surface area contributed by atoms with Crippen LogP contribution in [-0.2, 0) is 4.79 Å². The molecule has 5 N–H and O–H groups in total. The van der Waals surface area contributed by atoms with Gasteiger partial charge in [-0.05, 0) is 12.2 Å². The summed E-state index contributed by atoms with van der Waals surface area (Å²) in [6.07, 6.45) is 0.346. The highest BCUT2D eigenvalue weighted by Crippen LogP contribution is 1.57. The molecule has 5 nitrogen and oxygen atoms in total. The maximum absolute atomic E-state index is 9.66. The molecule has 0 saturated heterocycles. The monoisotopic (exact) mass is 134 g/mol. The lowest BCUT2D eigenvalue weighted by Crippen LogP contribution is -2.48. The van der Waals surface area contributed by atoms with Gasteiger partial charge in [-0.2, -0.15) is 5.12 Å². The molecule has 46 valence electrons. The van der Waals surface area contributed by atoms with Gasteiger partial charge in [0.1, 0.15) is 0 Å². The Hall–Kier alpha value is -0.880. The quantitative estimate of drug-likeness (QED) is 0.135. The van der Waals surface area contributed by atoms with Gasteiger partial charge in [-0.1, -0.05) is 0 Å². The van der Waals surface area contributed by atoms with E-state index < -0.39 is 0 Å². The van der Waals surface area contributed by atoms with Crippen molar-refractivity contribution in [1.29, 1.82) is 0 Å². The first-order valence-electron chi connectivity index (χ1n) is 1.72. The van der Waals surface area contributed by atoms with Crippen molar-refractivity contribution in [2.75, 3.05) is 0 Å². The molecule has 0 unspecified atom stereocenters. The Labute approximate surface area is 51.6 Å². The topological polar surface area (TPSA) is 84.4 Å². The van der Waals surface area contributed by atoms with Gasteiger partial charge >= 0.3 is 0 Å². The van der Waals surface area contributed by atoms with E-state index in [0.29, 0.717) is 11.5 Å². The molecule has 0 fully saturated rings. The summed E-state index contributed by atoms with van der Waals surface area (Å²) in [6.45, 7) is 0. The number of hydrogen-bond donors (Lipinski definition) is 3. The van der Waals surface area contributed by atoms with E-state index in [9.17, 15) is 4.79 Å². The van der Waals surface area contributed by atoms with Crippen LogP contribution in [0.5, 0.6) is 0 Å². The Bertz CT molecular complexity index is 104. The minimum Gasteiger partial charge on any atom is -0.375 e. The second kappa shape index (κ2) is 3.16. The average molecular weight is 134 g/mol. The number of rotatable bonds is 2. The van der Waals surface area contributed by atoms with Crippen molar-refractivity contribution in [1.82, 2.24) is 10.5 Å². The SMILES string of the molecule is NC(=S)NN(N)C=O. The second-order valence-electron chi connectivity index (χ2n) is 0.989. The van der Waals surface area contributed by atoms with Gasteiger partial charge in [0.25, 0.3) is 0 Å². The number of carbonyl (C=O) groups is 1. The molecule has 0 heterocycles. The van der Waals surface area contributed by atoms with Crippen molar-refractivity contribution in [3.8, 4) is 0 Å². The summed E-state index contributed by atoms with van der Waals surface area (Å²) in [5.41, 5.74) is 7.05. The minimum atomic E-state index is -0.0420. The predicted molar refractivity (Wildman–Crippen MR) is 32.0 cm³/mol. The molecule has 0 aromatic heterocycles. The summed E-state index contributed by atoms with van der Waals surface area (Å²) in [6, 6.07) is 0. The van der Waals surface area contributed by atoms with Crippen LogP contribution in [0.4, 0.5) is 0 Å². The molecular formula is C2H6N4OS. The predicted octanol–water partition coefficient (Wildman–Crippen LogP) is -1.93. The van der Waals surface area contributed by atoms with E-state index in [0.717, 1.165) is 0 Å². The van der Waals surface area contributed by atoms with Crippen molar-refractivity contribution in [2.45, 2.75) is 0 Å². The molecule has 0 aromatic rings. The van der Waals surface area contributed by atoms with Crippen LogP contribution in [-0.4, -0.2) is 16.6 Å². The zero-order chi connectivity index (χ0) is 6.57. The fourth-order valence-corrected chi connectivity index (χ4v) is 0.259. The molecule has 0 atom stereocenters. The standard InChI is InChI=1S/C2H6N4OS/c3-2(8)5-6(4)1-7/h1H,4H2,(H3,3,5,8). The molecule has 0 radical (unpaired) electrons. The zero-order valence-corrected chi connectivity index (χ0v) is 4.81. The second-order valence-corrected chi connectivity index (χ2v) is 1.43. The number of hydrogen-bond acceptors (Lipinski definition) is 3. The number of thiocarbonyl (C=S) groups is 1. The Morgan fingerprint density at radius 1 is 1.88 bits per heavy atom. The lowest BCUT2D eigenvalue weighted by Gasteiger charge is -2.09. The van der Waals surface area contributed by atoms with E-state index in [4.69, 9.17) is 11.6 Å². The molecule has 0 aliphatic heterocycles. The fourth-order valence-electron chi connectivity index (χ4n) is 0.154. The summed E-state index contributed by atoms with van der Waals surface area (Å²) >= 11 is 4.32. The summed E-state index contributed by atoms with van der Waals surface area (Å²) < 4.78 is 0. The molecule has 0 aliphatic rings. The first-order chi connectivity index (χ1) is 3.66. The van der Waals surface area contributed by atoms with Crippen LogP contribution in [0.1, 0.15) is 0 Å². The van der Waals surface area contributed by atoms with Crippen LogP contribution >= 0.6 is 12.2 Å². The Balaban J connectivity index is 3.38. The van der Waals surface area contributed by atoms with Gasteiger partial charge in [0, 0.05) is 0 Å². The van der Waals surface area contributed by atoms with E-state index in [1.807, 2.05) is 0 Å². The minimum absolute atomic E-state index is 0.0420. The zero-order valence-electron chi connectivity index (χ0n) is 4.00. The Morgan fingerprint density at radius 3 is 2.50 bits per heavy atom. The molecule has 0 saturated carbocycles. The highest BCUT2D eigenvalue weighted by Gasteiger charge is 1.88. The van der Waals surface area contributed by atoms with Crippen LogP contribution in [0.2, 0.25) is 0 Å². The first kappa shape index (κ1) is 7.12. The third kappa shape index (κ3) is 3.32. The van der Waals surface area contributed by atoms with Crippen molar-refractivity contribution in [3.05, 3.63) is 0 Å². The van der Waals surface area contributed by atoms with E-state index in [1.165, 1.54) is 0 Å². The first-order valence-corrected chi connectivity index (χ1v) is 2.13. The lowest BCUT2D eigenvalue weighted by molar-refractivity contribution is -0.119. The molecule has 0 aromatic carbocycles. The number of nitrogens with zero attached hydrogens (tertiary/aromatic N) is 1. The molecule has 0 spiro atoms. The van der Waals surface area contributed by atoms with E-state index in [2.05, 4.69) is 17.6 Å². The Morgan fingerprint density at radius 2 is 2.38 bits per heavy atom. The van der Waals surface area contributed by atoms with Crippen molar-refractivity contribution in [3.63, 3.8) is 0 Å². The summed E-state index contributed by atoms with van der Waals surface area (Å²) in [5.74, 6) is 4.86. The van der Waals surface area contributed by atoms with Crippen molar-refractivity contribution in [2.24, 2.45) is 11.6 Å². The van der Waals surface area contributed by atoms with Crippen LogP contribution in [0.3, 0.4) is 0 Å². The fraction of sp³-hybridized carbons (Fsp3) is 0. The van der Waals surface area contributed by atoms with Crippen LogP contribution in [0.15, 0.2) is 0 Å². The van der Waals surface area contributed by atoms with E-state index >= 15 is 0 Å². The summed E-state index contributed by atoms with van der Waals surface area (Å²) in [5, 5.41) is 0.585.